The van der Waals surface area contributed by atoms with E-state index in [0.29, 0.717) is 6.61 Å². The van der Waals surface area contributed by atoms with Gasteiger partial charge in [0.2, 0.25) is 0 Å². The predicted molar refractivity (Wildman–Crippen MR) is 121 cm³/mol. The van der Waals surface area contributed by atoms with Crippen LogP contribution >= 0.6 is 26.3 Å². The fourth-order valence-electron chi connectivity index (χ4n) is 3.41. The monoisotopic (exact) mass is 476 g/mol. The average Bonchev–Trinajstić information content (AvgIpc) is 2.70. The number of carbonyl (C=O) groups is 1. The summed E-state index contributed by atoms with van der Waals surface area (Å²) in [5.41, 5.74) is 0. The van der Waals surface area contributed by atoms with Gasteiger partial charge in [-0.2, -0.15) is 0 Å². The Balaban J connectivity index is 2.29. The van der Waals surface area contributed by atoms with Gasteiger partial charge in [0.25, 0.3) is 0 Å². The molecule has 3 rings (SSSR count). The van der Waals surface area contributed by atoms with Crippen molar-refractivity contribution in [1.82, 2.24) is 0 Å². The van der Waals surface area contributed by atoms with Crippen LogP contribution in [0.2, 0.25) is 0 Å². The summed E-state index contributed by atoms with van der Waals surface area (Å²) in [5.74, 6) is -0.236. The van der Waals surface area contributed by atoms with E-state index < -0.39 is 4.25 Å². The van der Waals surface area contributed by atoms with Gasteiger partial charge in [-0.25, -0.2) is 0 Å². The molecule has 0 radical (unpaired) electrons. The van der Waals surface area contributed by atoms with E-state index in [4.69, 9.17) is 4.74 Å². The second-order valence-corrected chi connectivity index (χ2v) is 17.0. The van der Waals surface area contributed by atoms with E-state index in [0.717, 1.165) is 6.16 Å². The van der Waals surface area contributed by atoms with Crippen molar-refractivity contribution in [3.63, 3.8) is 0 Å². The third-order valence-electron chi connectivity index (χ3n) is 4.70. The molecular formula is C22H22IO2P. The molecular weight excluding hydrogens is 454 g/mol. The Bertz CT molecular complexity index is 767. The third kappa shape index (κ3) is 3.43. The van der Waals surface area contributed by atoms with Crippen molar-refractivity contribution in [3.8, 4) is 0 Å². The molecule has 134 valence electrons. The molecule has 0 saturated carbocycles. The minimum atomic E-state index is -2.81. The number of hydrogen-bond acceptors (Lipinski definition) is 2. The van der Waals surface area contributed by atoms with E-state index in [1.165, 1.54) is 22.8 Å². The first-order valence-electron chi connectivity index (χ1n) is 8.59. The molecule has 0 amide bonds. The molecule has 0 aliphatic rings. The van der Waals surface area contributed by atoms with Gasteiger partial charge >= 0.3 is 168 Å². The molecule has 0 aliphatic heterocycles. The van der Waals surface area contributed by atoms with Crippen LogP contribution in [-0.2, 0) is 9.53 Å². The number of hydrogen-bond donors (Lipinski definition) is 0. The molecule has 0 fully saturated rings. The average molecular weight is 476 g/mol. The van der Waals surface area contributed by atoms with Crippen molar-refractivity contribution >= 4 is 48.2 Å². The quantitative estimate of drug-likeness (QED) is 0.299. The second kappa shape index (κ2) is 7.89. The molecule has 0 atom stereocenters. The SMILES string of the molecule is CC(=O)OCCP(I)(c1ccccc1)(c1ccccc1)c1ccccc1. The Kier molecular flexibility index (Phi) is 5.79. The molecule has 0 N–H and O–H groups in total. The van der Waals surface area contributed by atoms with Crippen molar-refractivity contribution < 1.29 is 9.53 Å². The number of benzene rings is 3. The van der Waals surface area contributed by atoms with Gasteiger partial charge in [-0.3, -0.25) is 0 Å². The third-order valence-corrected chi connectivity index (χ3v) is 16.3. The fraction of sp³-hybridized carbons (Fsp3) is 0.136. The van der Waals surface area contributed by atoms with Gasteiger partial charge in [-0.15, -0.1) is 0 Å². The minimum absolute atomic E-state index is 0.236. The molecule has 0 spiro atoms. The molecule has 26 heavy (non-hydrogen) atoms. The molecule has 0 heterocycles. The topological polar surface area (TPSA) is 26.3 Å². The van der Waals surface area contributed by atoms with Gasteiger partial charge in [0.15, 0.2) is 0 Å². The van der Waals surface area contributed by atoms with Crippen LogP contribution in [0.25, 0.3) is 0 Å². The van der Waals surface area contributed by atoms with Crippen molar-refractivity contribution in [1.29, 1.82) is 0 Å². The summed E-state index contributed by atoms with van der Waals surface area (Å²) in [6.45, 7) is 1.87. The summed E-state index contributed by atoms with van der Waals surface area (Å²) in [7, 11) is 0. The summed E-state index contributed by atoms with van der Waals surface area (Å²) in [5, 5.41) is 3.89. The summed E-state index contributed by atoms with van der Waals surface area (Å²) >= 11 is 2.69. The second-order valence-electron chi connectivity index (χ2n) is 6.25. The van der Waals surface area contributed by atoms with Gasteiger partial charge < -0.3 is 0 Å². The van der Waals surface area contributed by atoms with Crippen LogP contribution in [-0.4, -0.2) is 18.7 Å². The number of rotatable bonds is 6. The van der Waals surface area contributed by atoms with Gasteiger partial charge in [-0.05, 0) is 0 Å². The molecule has 3 aromatic carbocycles. The van der Waals surface area contributed by atoms with Gasteiger partial charge in [0.05, 0.1) is 0 Å². The molecule has 0 saturated heterocycles. The van der Waals surface area contributed by atoms with Crippen LogP contribution in [0.15, 0.2) is 91.0 Å². The Morgan fingerprint density at radius 3 is 1.42 bits per heavy atom. The van der Waals surface area contributed by atoms with Crippen LogP contribution in [0.4, 0.5) is 0 Å². The van der Waals surface area contributed by atoms with E-state index in [-0.39, 0.29) is 5.97 Å². The molecule has 3 aromatic rings. The number of esters is 1. The number of ether oxygens (including phenoxy) is 1. The van der Waals surface area contributed by atoms with Crippen molar-refractivity contribution in [2.75, 3.05) is 12.8 Å². The van der Waals surface area contributed by atoms with Crippen molar-refractivity contribution in [2.45, 2.75) is 6.92 Å². The van der Waals surface area contributed by atoms with E-state index in [1.807, 2.05) is 18.2 Å². The zero-order valence-corrected chi connectivity index (χ0v) is 17.8. The molecule has 4 heteroatoms. The summed E-state index contributed by atoms with van der Waals surface area (Å²) in [6, 6.07) is 31.9. The Morgan fingerprint density at radius 1 is 0.769 bits per heavy atom. The van der Waals surface area contributed by atoms with Crippen LogP contribution in [0.5, 0.6) is 0 Å². The summed E-state index contributed by atoms with van der Waals surface area (Å²) in [6.07, 6.45) is 0.768. The Labute approximate surface area is 168 Å². The number of halogens is 1. The first-order valence-corrected chi connectivity index (χ1v) is 13.8. The normalized spacial score (nSPS) is 12.8. The van der Waals surface area contributed by atoms with Crippen LogP contribution in [0.3, 0.4) is 0 Å². The molecule has 0 unspecified atom stereocenters. The van der Waals surface area contributed by atoms with E-state index in [9.17, 15) is 4.79 Å². The van der Waals surface area contributed by atoms with Gasteiger partial charge in [0, 0.05) is 0 Å². The van der Waals surface area contributed by atoms with E-state index in [1.54, 1.807) is 0 Å². The maximum absolute atomic E-state index is 11.4. The fourth-order valence-corrected chi connectivity index (χ4v) is 11.4. The van der Waals surface area contributed by atoms with Crippen molar-refractivity contribution in [3.05, 3.63) is 91.0 Å². The van der Waals surface area contributed by atoms with Gasteiger partial charge in [0.1, 0.15) is 0 Å². The van der Waals surface area contributed by atoms with Crippen LogP contribution in [0, 0.1) is 0 Å². The molecule has 0 aromatic heterocycles. The zero-order chi connectivity index (χ0) is 18.5. The molecule has 2 nitrogen and oxygen atoms in total. The first-order chi connectivity index (χ1) is 12.6. The summed E-state index contributed by atoms with van der Waals surface area (Å²) in [4.78, 5) is 11.4. The number of carbonyl (C=O) groups excluding carboxylic acids is 1. The zero-order valence-electron chi connectivity index (χ0n) is 14.7. The summed E-state index contributed by atoms with van der Waals surface area (Å²) < 4.78 is 2.61. The Hall–Kier alpha value is -1.71. The Morgan fingerprint density at radius 2 is 1.12 bits per heavy atom. The first kappa shape index (κ1) is 19.1. The van der Waals surface area contributed by atoms with E-state index >= 15 is 0 Å². The standard InChI is InChI=1S/C22H22IO2P/c1-19(24)25-17-18-26(23,20-11-5-2-6-12-20,21-13-7-3-8-14-21)22-15-9-4-10-16-22/h2-16H,17-18H2,1H3. The maximum atomic E-state index is 11.4. The molecule has 0 aliphatic carbocycles. The van der Waals surface area contributed by atoms with Gasteiger partial charge in [-0.1, -0.05) is 0 Å². The molecule has 0 bridgehead atoms. The van der Waals surface area contributed by atoms with Crippen LogP contribution < -0.4 is 15.9 Å². The van der Waals surface area contributed by atoms with Crippen LogP contribution in [0.1, 0.15) is 6.92 Å². The van der Waals surface area contributed by atoms with Crippen molar-refractivity contribution in [2.24, 2.45) is 0 Å². The van der Waals surface area contributed by atoms with E-state index in [2.05, 4.69) is 94.8 Å². The predicted octanol–water partition coefficient (Wildman–Crippen LogP) is 4.43.